The number of benzene rings is 1. The molecule has 1 atom stereocenters. The van der Waals surface area contributed by atoms with E-state index in [0.717, 1.165) is 37.7 Å². The first-order chi connectivity index (χ1) is 10.2. The van der Waals surface area contributed by atoms with Gasteiger partial charge in [0.1, 0.15) is 0 Å². The largest absolute Gasteiger partial charge is 0.416 e. The molecule has 1 heterocycles. The van der Waals surface area contributed by atoms with E-state index in [9.17, 15) is 21.6 Å². The van der Waals surface area contributed by atoms with Crippen LogP contribution in [-0.2, 0) is 16.2 Å². The number of nitrogens with one attached hydrogen (secondary N) is 2. The third kappa shape index (κ3) is 5.34. The molecular formula is C14H20ClF3N2O2S. The van der Waals surface area contributed by atoms with Gasteiger partial charge in [-0.1, -0.05) is 0 Å². The summed E-state index contributed by atoms with van der Waals surface area (Å²) in [5.74, 6) is 0.441. The summed E-state index contributed by atoms with van der Waals surface area (Å²) < 4.78 is 64.6. The number of sulfonamides is 1. The zero-order chi connectivity index (χ0) is 16.4. The second-order valence-corrected chi connectivity index (χ2v) is 7.26. The number of hydrogen-bond donors (Lipinski definition) is 2. The Morgan fingerprint density at radius 1 is 1.35 bits per heavy atom. The molecule has 0 bridgehead atoms. The van der Waals surface area contributed by atoms with Crippen LogP contribution in [0.2, 0.25) is 0 Å². The third-order valence-electron chi connectivity index (χ3n) is 3.80. The number of halogens is 4. The van der Waals surface area contributed by atoms with Crippen molar-refractivity contribution in [2.45, 2.75) is 30.8 Å². The molecule has 0 radical (unpaired) electrons. The monoisotopic (exact) mass is 372 g/mol. The smallest absolute Gasteiger partial charge is 0.316 e. The van der Waals surface area contributed by atoms with Crippen molar-refractivity contribution in [3.8, 4) is 0 Å². The van der Waals surface area contributed by atoms with Crippen LogP contribution in [-0.4, -0.2) is 28.1 Å². The predicted molar refractivity (Wildman–Crippen MR) is 84.2 cm³/mol. The van der Waals surface area contributed by atoms with Crippen molar-refractivity contribution in [2.75, 3.05) is 19.6 Å². The van der Waals surface area contributed by atoms with E-state index in [1.54, 1.807) is 0 Å². The van der Waals surface area contributed by atoms with Crippen LogP contribution in [0.4, 0.5) is 13.2 Å². The Morgan fingerprint density at radius 3 is 2.57 bits per heavy atom. The minimum absolute atomic E-state index is 0. The molecule has 0 spiro atoms. The van der Waals surface area contributed by atoms with Gasteiger partial charge in [0.2, 0.25) is 10.0 Å². The van der Waals surface area contributed by atoms with Gasteiger partial charge >= 0.3 is 6.18 Å². The predicted octanol–water partition coefficient (Wildman–Crippen LogP) is 2.71. The Kier molecular flexibility index (Phi) is 6.88. The molecule has 1 aromatic rings. The average Bonchev–Trinajstić information content (AvgIpc) is 2.90. The maximum atomic E-state index is 12.6. The second-order valence-electron chi connectivity index (χ2n) is 5.52. The SMILES string of the molecule is Cc1cc(C(F)(F)F)ccc1S(=O)(=O)NCCC1CCNC1.Cl. The van der Waals surface area contributed by atoms with Gasteiger partial charge in [0.15, 0.2) is 0 Å². The molecule has 4 nitrogen and oxygen atoms in total. The second kappa shape index (κ2) is 7.83. The molecule has 0 aliphatic carbocycles. The van der Waals surface area contributed by atoms with E-state index in [-0.39, 0.29) is 29.4 Å². The lowest BCUT2D eigenvalue weighted by Gasteiger charge is -2.13. The molecule has 0 saturated carbocycles. The first kappa shape index (κ1) is 20.2. The van der Waals surface area contributed by atoms with E-state index in [2.05, 4.69) is 10.0 Å². The molecule has 1 unspecified atom stereocenters. The van der Waals surface area contributed by atoms with Crippen LogP contribution in [0.1, 0.15) is 24.0 Å². The van der Waals surface area contributed by atoms with Crippen LogP contribution < -0.4 is 10.0 Å². The third-order valence-corrected chi connectivity index (χ3v) is 5.42. The Morgan fingerprint density at radius 2 is 2.04 bits per heavy atom. The van der Waals surface area contributed by atoms with E-state index in [1.807, 2.05) is 0 Å². The van der Waals surface area contributed by atoms with Crippen LogP contribution in [0.15, 0.2) is 23.1 Å². The van der Waals surface area contributed by atoms with Crippen LogP contribution in [0.3, 0.4) is 0 Å². The van der Waals surface area contributed by atoms with Crippen molar-refractivity contribution >= 4 is 22.4 Å². The van der Waals surface area contributed by atoms with Gasteiger partial charge in [0, 0.05) is 6.54 Å². The molecular weight excluding hydrogens is 353 g/mol. The van der Waals surface area contributed by atoms with Crippen molar-refractivity contribution in [3.05, 3.63) is 29.3 Å². The van der Waals surface area contributed by atoms with Gasteiger partial charge in [-0.15, -0.1) is 12.4 Å². The van der Waals surface area contributed by atoms with Gasteiger partial charge in [0.05, 0.1) is 10.5 Å². The summed E-state index contributed by atoms with van der Waals surface area (Å²) in [6.07, 6.45) is -2.75. The van der Waals surface area contributed by atoms with Crippen LogP contribution in [0.25, 0.3) is 0 Å². The fourth-order valence-electron chi connectivity index (χ4n) is 2.56. The summed E-state index contributed by atoms with van der Waals surface area (Å²) in [5.41, 5.74) is -0.758. The fourth-order valence-corrected chi connectivity index (χ4v) is 3.84. The molecule has 9 heteroatoms. The maximum Gasteiger partial charge on any atom is 0.416 e. The quantitative estimate of drug-likeness (QED) is 0.835. The van der Waals surface area contributed by atoms with Gasteiger partial charge in [0.25, 0.3) is 0 Å². The number of aryl methyl sites for hydroxylation is 1. The van der Waals surface area contributed by atoms with Crippen molar-refractivity contribution in [2.24, 2.45) is 5.92 Å². The highest BCUT2D eigenvalue weighted by molar-refractivity contribution is 7.89. The zero-order valence-electron chi connectivity index (χ0n) is 12.6. The fraction of sp³-hybridized carbons (Fsp3) is 0.571. The standard InChI is InChI=1S/C14H19F3N2O2S.ClH/c1-10-8-12(14(15,16)17)2-3-13(10)22(20,21)19-7-5-11-4-6-18-9-11;/h2-3,8,11,18-19H,4-7,9H2,1H3;1H. The zero-order valence-corrected chi connectivity index (χ0v) is 14.2. The first-order valence-corrected chi connectivity index (χ1v) is 8.57. The molecule has 132 valence electrons. The van der Waals surface area contributed by atoms with Crippen molar-refractivity contribution < 1.29 is 21.6 Å². The number of rotatable bonds is 5. The van der Waals surface area contributed by atoms with Crippen molar-refractivity contribution in [3.63, 3.8) is 0 Å². The van der Waals surface area contributed by atoms with Crippen molar-refractivity contribution in [1.29, 1.82) is 0 Å². The highest BCUT2D eigenvalue weighted by Crippen LogP contribution is 2.31. The molecule has 2 N–H and O–H groups in total. The summed E-state index contributed by atoms with van der Waals surface area (Å²) in [6.45, 7) is 3.47. The molecule has 1 aromatic carbocycles. The molecule has 1 aliphatic heterocycles. The molecule has 0 aromatic heterocycles. The highest BCUT2D eigenvalue weighted by atomic mass is 35.5. The highest BCUT2D eigenvalue weighted by Gasteiger charge is 2.31. The van der Waals surface area contributed by atoms with E-state index in [4.69, 9.17) is 0 Å². The first-order valence-electron chi connectivity index (χ1n) is 7.08. The Labute approximate surface area is 140 Å². The molecule has 23 heavy (non-hydrogen) atoms. The van der Waals surface area contributed by atoms with Gasteiger partial charge in [-0.05, 0) is 62.5 Å². The van der Waals surface area contributed by atoms with Gasteiger partial charge < -0.3 is 5.32 Å². The lowest BCUT2D eigenvalue weighted by molar-refractivity contribution is -0.137. The molecule has 1 saturated heterocycles. The van der Waals surface area contributed by atoms with Crippen LogP contribution in [0.5, 0.6) is 0 Å². The van der Waals surface area contributed by atoms with Crippen molar-refractivity contribution in [1.82, 2.24) is 10.0 Å². The number of alkyl halides is 3. The summed E-state index contributed by atoms with van der Waals surface area (Å²) >= 11 is 0. The van der Waals surface area contributed by atoms with Crippen LogP contribution >= 0.6 is 12.4 Å². The van der Waals surface area contributed by atoms with Gasteiger partial charge in [-0.25, -0.2) is 13.1 Å². The topological polar surface area (TPSA) is 58.2 Å². The Hall–Kier alpha value is -0.830. The number of hydrogen-bond acceptors (Lipinski definition) is 3. The van der Waals surface area contributed by atoms with Gasteiger partial charge in [-0.3, -0.25) is 0 Å². The average molecular weight is 373 g/mol. The maximum absolute atomic E-state index is 12.6. The minimum Gasteiger partial charge on any atom is -0.316 e. The van der Waals surface area contributed by atoms with Gasteiger partial charge in [-0.2, -0.15) is 13.2 Å². The van der Waals surface area contributed by atoms with Crippen LogP contribution in [0, 0.1) is 12.8 Å². The Balaban J connectivity index is 0.00000264. The lowest BCUT2D eigenvalue weighted by Crippen LogP contribution is -2.27. The van der Waals surface area contributed by atoms with E-state index < -0.39 is 21.8 Å². The summed E-state index contributed by atoms with van der Waals surface area (Å²) in [6, 6.07) is 2.66. The summed E-state index contributed by atoms with van der Waals surface area (Å²) in [7, 11) is -3.78. The summed E-state index contributed by atoms with van der Waals surface area (Å²) in [4.78, 5) is -0.106. The summed E-state index contributed by atoms with van der Waals surface area (Å²) in [5, 5.41) is 3.20. The minimum atomic E-state index is -4.48. The molecule has 2 rings (SSSR count). The lowest BCUT2D eigenvalue weighted by atomic mass is 10.1. The van der Waals surface area contributed by atoms with E-state index in [0.29, 0.717) is 12.3 Å². The normalized spacial score (nSPS) is 18.7. The molecule has 0 amide bonds. The van der Waals surface area contributed by atoms with E-state index in [1.165, 1.54) is 6.92 Å². The molecule has 1 aliphatic rings. The Bertz CT molecular complexity index is 629. The molecule has 1 fully saturated rings. The van der Waals surface area contributed by atoms with E-state index >= 15 is 0 Å².